The van der Waals surface area contributed by atoms with Gasteiger partial charge in [0.15, 0.2) is 0 Å². The fourth-order valence-corrected chi connectivity index (χ4v) is 2.32. The molecule has 1 N–H and O–H groups in total. The van der Waals surface area contributed by atoms with Gasteiger partial charge < -0.3 is 14.8 Å². The fourth-order valence-electron chi connectivity index (χ4n) is 2.32. The molecule has 1 aliphatic heterocycles. The minimum Gasteiger partial charge on any atom is -0.497 e. The maximum atomic E-state index is 11.9. The van der Waals surface area contributed by atoms with Crippen LogP contribution in [0.1, 0.15) is 25.3 Å². The Balaban J connectivity index is 1.82. The van der Waals surface area contributed by atoms with Gasteiger partial charge in [-0.2, -0.15) is 0 Å². The molecule has 0 radical (unpaired) electrons. The van der Waals surface area contributed by atoms with Crippen molar-refractivity contribution >= 4 is 5.91 Å². The summed E-state index contributed by atoms with van der Waals surface area (Å²) in [6, 6.07) is 7.64. The predicted octanol–water partition coefficient (Wildman–Crippen LogP) is 1.92. The van der Waals surface area contributed by atoms with E-state index in [0.717, 1.165) is 30.8 Å². The Morgan fingerprint density at radius 1 is 1.47 bits per heavy atom. The highest BCUT2D eigenvalue weighted by atomic mass is 16.5. The zero-order chi connectivity index (χ0) is 13.7. The third-order valence-corrected chi connectivity index (χ3v) is 3.43. The summed E-state index contributed by atoms with van der Waals surface area (Å²) in [5.41, 5.74) is 0.984. The van der Waals surface area contributed by atoms with Crippen LogP contribution in [0.5, 0.6) is 5.75 Å². The Kier molecular flexibility index (Phi) is 4.80. The van der Waals surface area contributed by atoms with Gasteiger partial charge in [-0.15, -0.1) is 0 Å². The Morgan fingerprint density at radius 2 is 2.21 bits per heavy atom. The topological polar surface area (TPSA) is 47.6 Å². The molecule has 1 amide bonds. The number of amides is 1. The van der Waals surface area contributed by atoms with E-state index in [2.05, 4.69) is 5.32 Å². The minimum absolute atomic E-state index is 0.0353. The van der Waals surface area contributed by atoms with Gasteiger partial charge >= 0.3 is 0 Å². The number of nitrogens with one attached hydrogen (secondary N) is 1. The van der Waals surface area contributed by atoms with E-state index in [1.807, 2.05) is 31.2 Å². The number of carbonyl (C=O) groups excluding carboxylic acids is 1. The van der Waals surface area contributed by atoms with Crippen molar-refractivity contribution in [3.63, 3.8) is 0 Å². The smallest absolute Gasteiger partial charge is 0.224 e. The Labute approximate surface area is 114 Å². The van der Waals surface area contributed by atoms with Crippen LogP contribution in [0.3, 0.4) is 0 Å². The van der Waals surface area contributed by atoms with Gasteiger partial charge in [-0.25, -0.2) is 0 Å². The van der Waals surface area contributed by atoms with Crippen LogP contribution in [0.2, 0.25) is 0 Å². The Morgan fingerprint density at radius 3 is 2.79 bits per heavy atom. The maximum Gasteiger partial charge on any atom is 0.224 e. The lowest BCUT2D eigenvalue weighted by Crippen LogP contribution is -2.41. The summed E-state index contributed by atoms with van der Waals surface area (Å²) in [5, 5.41) is 3.00. The normalized spacial score (nSPS) is 20.0. The first-order valence-corrected chi connectivity index (χ1v) is 6.73. The molecule has 1 aromatic carbocycles. The summed E-state index contributed by atoms with van der Waals surface area (Å²) in [7, 11) is 1.63. The van der Waals surface area contributed by atoms with Crippen LogP contribution in [-0.4, -0.2) is 31.8 Å². The maximum absolute atomic E-state index is 11.9. The highest BCUT2D eigenvalue weighted by Gasteiger charge is 2.23. The molecule has 1 aliphatic rings. The van der Waals surface area contributed by atoms with Crippen LogP contribution < -0.4 is 10.1 Å². The van der Waals surface area contributed by atoms with Gasteiger partial charge in [-0.05, 0) is 37.5 Å². The van der Waals surface area contributed by atoms with Gasteiger partial charge in [0.25, 0.3) is 0 Å². The van der Waals surface area contributed by atoms with Crippen molar-refractivity contribution in [1.29, 1.82) is 0 Å². The quantitative estimate of drug-likeness (QED) is 0.883. The first-order chi connectivity index (χ1) is 9.19. The first-order valence-electron chi connectivity index (χ1n) is 6.73. The summed E-state index contributed by atoms with van der Waals surface area (Å²) in [6.07, 6.45) is 2.67. The molecule has 0 unspecified atom stereocenters. The number of carbonyl (C=O) groups is 1. The molecule has 1 heterocycles. The van der Waals surface area contributed by atoms with Crippen molar-refractivity contribution in [2.75, 3.05) is 13.7 Å². The van der Waals surface area contributed by atoms with Crippen molar-refractivity contribution in [3.8, 4) is 5.75 Å². The summed E-state index contributed by atoms with van der Waals surface area (Å²) >= 11 is 0. The number of ether oxygens (including phenoxy) is 2. The molecule has 4 heteroatoms. The standard InChI is InChI=1S/C15H21NO3/c1-11(14-4-3-9-19-14)16-15(17)10-12-5-7-13(18-2)8-6-12/h5-8,11,14H,3-4,9-10H2,1-2H3,(H,16,17)/t11-,14-/m1/s1. The number of methoxy groups -OCH3 is 1. The molecular formula is C15H21NO3. The van der Waals surface area contributed by atoms with Crippen molar-refractivity contribution in [2.24, 2.45) is 0 Å². The predicted molar refractivity (Wildman–Crippen MR) is 73.3 cm³/mol. The van der Waals surface area contributed by atoms with Gasteiger partial charge in [0, 0.05) is 6.61 Å². The molecule has 1 aromatic rings. The van der Waals surface area contributed by atoms with Crippen LogP contribution in [0.25, 0.3) is 0 Å². The molecule has 104 valence electrons. The van der Waals surface area contributed by atoms with E-state index in [1.165, 1.54) is 0 Å². The van der Waals surface area contributed by atoms with E-state index >= 15 is 0 Å². The second-order valence-corrected chi connectivity index (χ2v) is 4.93. The number of hydrogen-bond acceptors (Lipinski definition) is 3. The van der Waals surface area contributed by atoms with Gasteiger partial charge in [0.1, 0.15) is 5.75 Å². The first kappa shape index (κ1) is 13.9. The molecule has 0 aliphatic carbocycles. The summed E-state index contributed by atoms with van der Waals surface area (Å²) < 4.78 is 10.7. The molecule has 1 fully saturated rings. The van der Waals surface area contributed by atoms with Gasteiger partial charge in [0.05, 0.1) is 25.7 Å². The number of hydrogen-bond donors (Lipinski definition) is 1. The lowest BCUT2D eigenvalue weighted by molar-refractivity contribution is -0.121. The summed E-state index contributed by atoms with van der Waals surface area (Å²) in [6.45, 7) is 2.81. The third-order valence-electron chi connectivity index (χ3n) is 3.43. The lowest BCUT2D eigenvalue weighted by atomic mass is 10.1. The van der Waals surface area contributed by atoms with Gasteiger partial charge in [-0.1, -0.05) is 12.1 Å². The van der Waals surface area contributed by atoms with Gasteiger partial charge in [-0.3, -0.25) is 4.79 Å². The zero-order valence-corrected chi connectivity index (χ0v) is 11.5. The zero-order valence-electron chi connectivity index (χ0n) is 11.5. The molecular weight excluding hydrogens is 242 g/mol. The second-order valence-electron chi connectivity index (χ2n) is 4.93. The van der Waals surface area contributed by atoms with Crippen LogP contribution in [-0.2, 0) is 16.0 Å². The van der Waals surface area contributed by atoms with E-state index in [0.29, 0.717) is 6.42 Å². The Hall–Kier alpha value is -1.55. The summed E-state index contributed by atoms with van der Waals surface area (Å²) in [4.78, 5) is 11.9. The fraction of sp³-hybridized carbons (Fsp3) is 0.533. The van der Waals surface area contributed by atoms with E-state index in [-0.39, 0.29) is 18.1 Å². The summed E-state index contributed by atoms with van der Waals surface area (Å²) in [5.74, 6) is 0.838. The van der Waals surface area contributed by atoms with Crippen molar-refractivity contribution in [3.05, 3.63) is 29.8 Å². The molecule has 2 atom stereocenters. The molecule has 1 saturated heterocycles. The largest absolute Gasteiger partial charge is 0.497 e. The number of rotatable bonds is 5. The van der Waals surface area contributed by atoms with Crippen LogP contribution in [0.4, 0.5) is 0 Å². The SMILES string of the molecule is COc1ccc(CC(=O)N[C@H](C)[C@H]2CCCO2)cc1. The lowest BCUT2D eigenvalue weighted by Gasteiger charge is -2.20. The molecule has 0 aromatic heterocycles. The van der Waals surface area contributed by atoms with Crippen molar-refractivity contribution in [1.82, 2.24) is 5.32 Å². The van der Waals surface area contributed by atoms with Gasteiger partial charge in [0.2, 0.25) is 5.91 Å². The highest BCUT2D eigenvalue weighted by molar-refractivity contribution is 5.78. The number of benzene rings is 1. The molecule has 4 nitrogen and oxygen atoms in total. The van der Waals surface area contributed by atoms with Crippen molar-refractivity contribution < 1.29 is 14.3 Å². The van der Waals surface area contributed by atoms with E-state index in [4.69, 9.17) is 9.47 Å². The minimum atomic E-state index is 0.0353. The van der Waals surface area contributed by atoms with E-state index in [1.54, 1.807) is 7.11 Å². The Bertz CT molecular complexity index is 410. The second kappa shape index (κ2) is 6.57. The average Bonchev–Trinajstić information content (AvgIpc) is 2.93. The third kappa shape index (κ3) is 3.96. The molecule has 0 spiro atoms. The van der Waals surface area contributed by atoms with Crippen LogP contribution in [0, 0.1) is 0 Å². The van der Waals surface area contributed by atoms with E-state index < -0.39 is 0 Å². The monoisotopic (exact) mass is 263 g/mol. The van der Waals surface area contributed by atoms with Crippen molar-refractivity contribution in [2.45, 2.75) is 38.3 Å². The van der Waals surface area contributed by atoms with Crippen LogP contribution >= 0.6 is 0 Å². The molecule has 19 heavy (non-hydrogen) atoms. The van der Waals surface area contributed by atoms with Crippen LogP contribution in [0.15, 0.2) is 24.3 Å². The molecule has 0 bridgehead atoms. The van der Waals surface area contributed by atoms with E-state index in [9.17, 15) is 4.79 Å². The average molecular weight is 263 g/mol. The molecule has 0 saturated carbocycles. The molecule has 2 rings (SSSR count). The highest BCUT2D eigenvalue weighted by Crippen LogP contribution is 2.16.